The predicted octanol–water partition coefficient (Wildman–Crippen LogP) is 8.94. The van der Waals surface area contributed by atoms with Crippen molar-refractivity contribution < 1.29 is 4.79 Å². The largest absolute Gasteiger partial charge is 0.291 e. The molecule has 0 rings (SSSR count). The molecule has 0 aromatic rings. The first-order valence-corrected chi connectivity index (χ1v) is 12.2. The van der Waals surface area contributed by atoms with Crippen LogP contribution in [0.25, 0.3) is 0 Å². The summed E-state index contributed by atoms with van der Waals surface area (Å²) in [6.45, 7) is 4.55. The third kappa shape index (κ3) is 20.0. The van der Waals surface area contributed by atoms with E-state index in [1.165, 1.54) is 122 Å². The third-order valence-electron chi connectivity index (χ3n) is 5.73. The summed E-state index contributed by atoms with van der Waals surface area (Å²) in [5.74, 6) is 0.216. The van der Waals surface area contributed by atoms with Gasteiger partial charge < -0.3 is 0 Å². The van der Waals surface area contributed by atoms with Crippen LogP contribution in [-0.2, 0) is 4.79 Å². The summed E-state index contributed by atoms with van der Waals surface area (Å²) in [4.78, 5) is 11.1. The Labute approximate surface area is 166 Å². The summed E-state index contributed by atoms with van der Waals surface area (Å²) in [5.41, 5.74) is 0. The minimum absolute atomic E-state index is 0.216. The van der Waals surface area contributed by atoms with Crippen LogP contribution in [0.5, 0.6) is 0 Å². The zero-order chi connectivity index (χ0) is 19.1. The summed E-state index contributed by atoms with van der Waals surface area (Å²) >= 11 is 0. The van der Waals surface area contributed by atoms with Crippen LogP contribution >= 0.6 is 0 Å². The van der Waals surface area contributed by atoms with Crippen LogP contribution in [0.1, 0.15) is 149 Å². The Kier molecular flexibility index (Phi) is 22.4. The molecule has 1 atom stereocenters. The van der Waals surface area contributed by atoms with E-state index in [1.807, 2.05) is 0 Å². The molecule has 0 amide bonds. The lowest BCUT2D eigenvalue weighted by molar-refractivity contribution is 0.449. The molecule has 0 saturated heterocycles. The second-order valence-electron chi connectivity index (χ2n) is 8.40. The molecule has 0 N–H and O–H groups in total. The van der Waals surface area contributed by atoms with Crippen molar-refractivity contribution in [1.29, 1.82) is 0 Å². The Hall–Kier alpha value is -0.330. The van der Waals surface area contributed by atoms with Crippen LogP contribution in [-0.4, -0.2) is 6.29 Å². The van der Waals surface area contributed by atoms with Gasteiger partial charge in [0.2, 0.25) is 6.29 Å². The molecule has 0 aliphatic heterocycles. The maximum Gasteiger partial charge on any atom is 0.201 e. The van der Waals surface area contributed by atoms with Gasteiger partial charge in [-0.1, -0.05) is 136 Å². The van der Waals surface area contributed by atoms with E-state index in [2.05, 4.69) is 20.1 Å². The second kappa shape index (κ2) is 22.7. The maximum atomic E-state index is 11.1. The van der Waals surface area contributed by atoms with Crippen LogP contribution in [0.3, 0.4) is 0 Å². The highest BCUT2D eigenvalue weighted by atomic mass is 16.1. The lowest BCUT2D eigenvalue weighted by Crippen LogP contribution is -2.02. The molecule has 0 aromatic heterocycles. The Morgan fingerprint density at radius 3 is 1.00 bits per heavy atom. The normalized spacial score (nSPS) is 12.4. The molecule has 1 unspecified atom stereocenters. The van der Waals surface area contributed by atoms with Crippen molar-refractivity contribution in [3.8, 4) is 0 Å². The number of carbonyl (C=O) groups excluding carboxylic acids is 1. The molecular formula is C25H49O. The van der Waals surface area contributed by atoms with Crippen LogP contribution in [0, 0.1) is 5.92 Å². The van der Waals surface area contributed by atoms with Gasteiger partial charge in [-0.2, -0.15) is 0 Å². The van der Waals surface area contributed by atoms with Gasteiger partial charge >= 0.3 is 0 Å². The monoisotopic (exact) mass is 365 g/mol. The van der Waals surface area contributed by atoms with Gasteiger partial charge in [0, 0.05) is 5.92 Å². The van der Waals surface area contributed by atoms with Crippen LogP contribution in [0.15, 0.2) is 0 Å². The minimum Gasteiger partial charge on any atom is -0.291 e. The fraction of sp³-hybridized carbons (Fsp3) is 0.960. The number of unbranched alkanes of at least 4 members (excludes halogenated alkanes) is 17. The van der Waals surface area contributed by atoms with Gasteiger partial charge in [0.25, 0.3) is 0 Å². The molecule has 26 heavy (non-hydrogen) atoms. The van der Waals surface area contributed by atoms with Gasteiger partial charge in [-0.05, 0) is 12.8 Å². The topological polar surface area (TPSA) is 17.1 Å². The molecule has 0 heterocycles. The van der Waals surface area contributed by atoms with Crippen molar-refractivity contribution in [2.75, 3.05) is 0 Å². The van der Waals surface area contributed by atoms with E-state index in [-0.39, 0.29) is 5.92 Å². The summed E-state index contributed by atoms with van der Waals surface area (Å²) in [7, 11) is 0. The third-order valence-corrected chi connectivity index (χ3v) is 5.73. The molecule has 0 saturated carbocycles. The first-order valence-electron chi connectivity index (χ1n) is 12.2. The number of hydrogen-bond donors (Lipinski definition) is 0. The minimum atomic E-state index is 0.216. The van der Waals surface area contributed by atoms with E-state index in [0.29, 0.717) is 0 Å². The summed E-state index contributed by atoms with van der Waals surface area (Å²) < 4.78 is 0. The molecule has 0 fully saturated rings. The SMILES string of the molecule is CCCCCCCCCCCCC([C]=O)CCCCCCCCCCC. The molecule has 1 heteroatoms. The van der Waals surface area contributed by atoms with E-state index in [0.717, 1.165) is 12.8 Å². The van der Waals surface area contributed by atoms with Crippen molar-refractivity contribution in [3.05, 3.63) is 0 Å². The average molecular weight is 366 g/mol. The molecule has 0 bridgehead atoms. The molecule has 155 valence electrons. The zero-order valence-corrected chi connectivity index (χ0v) is 18.3. The zero-order valence-electron chi connectivity index (χ0n) is 18.3. The highest BCUT2D eigenvalue weighted by molar-refractivity contribution is 5.54. The van der Waals surface area contributed by atoms with Gasteiger partial charge in [0.1, 0.15) is 0 Å². The van der Waals surface area contributed by atoms with Crippen molar-refractivity contribution in [2.24, 2.45) is 5.92 Å². The second-order valence-corrected chi connectivity index (χ2v) is 8.40. The van der Waals surface area contributed by atoms with E-state index < -0.39 is 0 Å². The molecule has 0 aliphatic rings. The van der Waals surface area contributed by atoms with E-state index in [9.17, 15) is 4.79 Å². The summed E-state index contributed by atoms with van der Waals surface area (Å²) in [5, 5.41) is 0. The van der Waals surface area contributed by atoms with Crippen LogP contribution < -0.4 is 0 Å². The molecular weight excluding hydrogens is 316 g/mol. The first-order chi connectivity index (χ1) is 12.8. The molecule has 1 nitrogen and oxygen atoms in total. The molecule has 0 spiro atoms. The summed E-state index contributed by atoms with van der Waals surface area (Å²) in [6, 6.07) is 0. The maximum absolute atomic E-state index is 11.1. The summed E-state index contributed by atoms with van der Waals surface area (Å²) in [6.07, 6.45) is 30.4. The van der Waals surface area contributed by atoms with E-state index >= 15 is 0 Å². The fourth-order valence-electron chi connectivity index (χ4n) is 3.84. The lowest BCUT2D eigenvalue weighted by atomic mass is 9.95. The lowest BCUT2D eigenvalue weighted by Gasteiger charge is -2.09. The van der Waals surface area contributed by atoms with Crippen molar-refractivity contribution in [3.63, 3.8) is 0 Å². The van der Waals surface area contributed by atoms with Gasteiger partial charge in [0.15, 0.2) is 0 Å². The highest BCUT2D eigenvalue weighted by Crippen LogP contribution is 2.18. The number of rotatable bonds is 22. The molecule has 0 aliphatic carbocycles. The standard InChI is InChI=1S/C25H49O/c1-3-5-7-9-11-13-15-17-19-21-23-25(24-26)22-20-18-16-14-12-10-8-6-4-2/h25H,3-23H2,1-2H3. The van der Waals surface area contributed by atoms with Gasteiger partial charge in [-0.25, -0.2) is 0 Å². The highest BCUT2D eigenvalue weighted by Gasteiger charge is 2.07. The Bertz CT molecular complexity index is 261. The molecule has 1 radical (unpaired) electrons. The Morgan fingerprint density at radius 1 is 0.462 bits per heavy atom. The quantitative estimate of drug-likeness (QED) is 0.175. The van der Waals surface area contributed by atoms with Gasteiger partial charge in [-0.15, -0.1) is 0 Å². The van der Waals surface area contributed by atoms with Crippen molar-refractivity contribution in [2.45, 2.75) is 149 Å². The van der Waals surface area contributed by atoms with Crippen molar-refractivity contribution in [1.82, 2.24) is 0 Å². The van der Waals surface area contributed by atoms with Gasteiger partial charge in [0.05, 0.1) is 0 Å². The Balaban J connectivity index is 3.29. The van der Waals surface area contributed by atoms with E-state index in [1.54, 1.807) is 0 Å². The smallest absolute Gasteiger partial charge is 0.201 e. The van der Waals surface area contributed by atoms with Crippen LogP contribution in [0.2, 0.25) is 0 Å². The van der Waals surface area contributed by atoms with Crippen LogP contribution in [0.4, 0.5) is 0 Å². The predicted molar refractivity (Wildman–Crippen MR) is 117 cm³/mol. The first kappa shape index (κ1) is 25.7. The Morgan fingerprint density at radius 2 is 0.731 bits per heavy atom. The average Bonchev–Trinajstić information content (AvgIpc) is 2.66. The van der Waals surface area contributed by atoms with Gasteiger partial charge in [-0.3, -0.25) is 4.79 Å². The van der Waals surface area contributed by atoms with Crippen molar-refractivity contribution >= 4 is 6.29 Å². The number of hydrogen-bond acceptors (Lipinski definition) is 1. The molecule has 0 aromatic carbocycles. The fourth-order valence-corrected chi connectivity index (χ4v) is 3.84. The van der Waals surface area contributed by atoms with E-state index in [4.69, 9.17) is 0 Å².